The molecule has 0 aliphatic carbocycles. The molecule has 0 aliphatic rings. The summed E-state index contributed by atoms with van der Waals surface area (Å²) >= 11 is 0. The maximum absolute atomic E-state index is 12.8. The van der Waals surface area contributed by atoms with Crippen molar-refractivity contribution in [2.24, 2.45) is 0 Å². The Bertz CT molecular complexity index is 1270. The van der Waals surface area contributed by atoms with E-state index in [0.29, 0.717) is 18.7 Å². The zero-order valence-corrected chi connectivity index (χ0v) is 17.0. The van der Waals surface area contributed by atoms with Gasteiger partial charge in [-0.2, -0.15) is 0 Å². The number of aryl methyl sites for hydroxylation is 1. The molecule has 0 bridgehead atoms. The summed E-state index contributed by atoms with van der Waals surface area (Å²) in [6, 6.07) is 20.3. The largest absolute Gasteiger partial charge is 0.465 e. The molecular weight excluding hydrogens is 378 g/mol. The van der Waals surface area contributed by atoms with Crippen LogP contribution in [0, 0.1) is 6.92 Å². The molecule has 0 fully saturated rings. The number of fused-ring (bicyclic) bond motifs is 2. The van der Waals surface area contributed by atoms with Crippen molar-refractivity contribution in [1.29, 1.82) is 0 Å². The Morgan fingerprint density at radius 2 is 1.83 bits per heavy atom. The third kappa shape index (κ3) is 3.98. The molecule has 3 aromatic carbocycles. The van der Waals surface area contributed by atoms with Gasteiger partial charge in [0.15, 0.2) is 0 Å². The third-order valence-corrected chi connectivity index (χ3v) is 5.14. The first-order valence-corrected chi connectivity index (χ1v) is 9.98. The number of hydrogen-bond acceptors (Lipinski definition) is 5. The number of carbonyl (C=O) groups excluding carboxylic acids is 1. The van der Waals surface area contributed by atoms with Gasteiger partial charge in [-0.3, -0.25) is 5.32 Å². The van der Waals surface area contributed by atoms with Crippen LogP contribution >= 0.6 is 0 Å². The number of rotatable bonds is 6. The monoisotopic (exact) mass is 401 g/mol. The normalized spacial score (nSPS) is 12.2. The number of benzene rings is 3. The standard InChI is InChI=1S/C25H23NO4/c1-3-29-25(28)24(21-10-6-8-17-7-4-5-9-19(17)21)26-15-18-14-23(27)30-22-13-16(2)11-12-20(18)22/h4-14,24,26H,3,15H2,1-2H3/t24-/m1/s1. The molecule has 5 heteroatoms. The van der Waals surface area contributed by atoms with Crippen molar-refractivity contribution in [3.05, 3.63) is 93.8 Å². The van der Waals surface area contributed by atoms with Crippen molar-refractivity contribution in [3.63, 3.8) is 0 Å². The molecule has 1 aromatic heterocycles. The Morgan fingerprint density at radius 1 is 1.03 bits per heavy atom. The van der Waals surface area contributed by atoms with Crippen LogP contribution in [0.1, 0.15) is 29.7 Å². The fraction of sp³-hybridized carbons (Fsp3) is 0.200. The first-order valence-electron chi connectivity index (χ1n) is 9.98. The average Bonchev–Trinajstić information content (AvgIpc) is 2.73. The van der Waals surface area contributed by atoms with Gasteiger partial charge < -0.3 is 9.15 Å². The van der Waals surface area contributed by atoms with E-state index < -0.39 is 11.7 Å². The minimum absolute atomic E-state index is 0.291. The first-order chi connectivity index (χ1) is 14.6. The molecule has 4 rings (SSSR count). The molecule has 30 heavy (non-hydrogen) atoms. The Balaban J connectivity index is 1.73. The number of nitrogens with one attached hydrogen (secondary N) is 1. The van der Waals surface area contributed by atoms with Crippen LogP contribution in [0.3, 0.4) is 0 Å². The van der Waals surface area contributed by atoms with E-state index in [1.807, 2.05) is 67.6 Å². The lowest BCUT2D eigenvalue weighted by molar-refractivity contribution is -0.145. The van der Waals surface area contributed by atoms with E-state index in [4.69, 9.17) is 9.15 Å². The summed E-state index contributed by atoms with van der Waals surface area (Å²) in [5.41, 5.74) is 2.75. The van der Waals surface area contributed by atoms with E-state index in [1.54, 1.807) is 6.92 Å². The summed E-state index contributed by atoms with van der Waals surface area (Å²) in [5.74, 6) is -0.350. The highest BCUT2D eigenvalue weighted by molar-refractivity contribution is 5.91. The van der Waals surface area contributed by atoms with Crippen molar-refractivity contribution in [3.8, 4) is 0 Å². The second-order valence-corrected chi connectivity index (χ2v) is 7.22. The van der Waals surface area contributed by atoms with E-state index in [2.05, 4.69) is 5.32 Å². The number of ether oxygens (including phenoxy) is 1. The van der Waals surface area contributed by atoms with E-state index in [9.17, 15) is 9.59 Å². The summed E-state index contributed by atoms with van der Waals surface area (Å²) in [7, 11) is 0. The molecule has 1 heterocycles. The molecule has 0 spiro atoms. The van der Waals surface area contributed by atoms with Gasteiger partial charge in [-0.15, -0.1) is 0 Å². The lowest BCUT2D eigenvalue weighted by Crippen LogP contribution is -2.30. The van der Waals surface area contributed by atoms with Crippen LogP contribution in [0.15, 0.2) is 75.9 Å². The van der Waals surface area contributed by atoms with Crippen LogP contribution in [-0.4, -0.2) is 12.6 Å². The predicted octanol–water partition coefficient (Wildman–Crippen LogP) is 4.65. The summed E-state index contributed by atoms with van der Waals surface area (Å²) in [6.45, 7) is 4.34. The Labute approximate surface area is 174 Å². The van der Waals surface area contributed by atoms with Crippen molar-refractivity contribution < 1.29 is 13.9 Å². The molecule has 0 saturated heterocycles. The number of hydrogen-bond donors (Lipinski definition) is 1. The lowest BCUT2D eigenvalue weighted by Gasteiger charge is -2.20. The molecule has 1 atom stereocenters. The van der Waals surface area contributed by atoms with Crippen molar-refractivity contribution in [2.45, 2.75) is 26.4 Å². The molecule has 5 nitrogen and oxygen atoms in total. The molecule has 152 valence electrons. The van der Waals surface area contributed by atoms with Gasteiger partial charge in [-0.25, -0.2) is 9.59 Å². The Morgan fingerprint density at radius 3 is 2.67 bits per heavy atom. The SMILES string of the molecule is CCOC(=O)[C@H](NCc1cc(=O)oc2cc(C)ccc12)c1cccc2ccccc12. The van der Waals surface area contributed by atoms with E-state index in [0.717, 1.165) is 32.8 Å². The van der Waals surface area contributed by atoms with Crippen LogP contribution in [0.25, 0.3) is 21.7 Å². The molecule has 4 aromatic rings. The molecule has 0 amide bonds. The van der Waals surface area contributed by atoms with Crippen LogP contribution < -0.4 is 10.9 Å². The maximum atomic E-state index is 12.8. The van der Waals surface area contributed by atoms with Gasteiger partial charge in [-0.05, 0) is 47.4 Å². The minimum atomic E-state index is -0.663. The zero-order chi connectivity index (χ0) is 21.1. The molecular formula is C25H23NO4. The van der Waals surface area contributed by atoms with E-state index in [1.165, 1.54) is 6.07 Å². The van der Waals surface area contributed by atoms with Crippen LogP contribution in [-0.2, 0) is 16.1 Å². The minimum Gasteiger partial charge on any atom is -0.465 e. The predicted molar refractivity (Wildman–Crippen MR) is 117 cm³/mol. The average molecular weight is 401 g/mol. The second kappa shape index (κ2) is 8.51. The first kappa shape index (κ1) is 19.9. The van der Waals surface area contributed by atoms with Gasteiger partial charge in [0.2, 0.25) is 0 Å². The van der Waals surface area contributed by atoms with Gasteiger partial charge in [-0.1, -0.05) is 54.6 Å². The maximum Gasteiger partial charge on any atom is 0.336 e. The lowest BCUT2D eigenvalue weighted by atomic mass is 9.98. The van der Waals surface area contributed by atoms with Gasteiger partial charge in [0.25, 0.3) is 0 Å². The highest BCUT2D eigenvalue weighted by atomic mass is 16.5. The summed E-state index contributed by atoms with van der Waals surface area (Å²) < 4.78 is 10.7. The summed E-state index contributed by atoms with van der Waals surface area (Å²) in [4.78, 5) is 24.9. The molecule has 1 N–H and O–H groups in total. The van der Waals surface area contributed by atoms with Crippen LogP contribution in [0.5, 0.6) is 0 Å². The van der Waals surface area contributed by atoms with Crippen molar-refractivity contribution in [2.75, 3.05) is 6.61 Å². The van der Waals surface area contributed by atoms with Gasteiger partial charge in [0.05, 0.1) is 6.61 Å². The van der Waals surface area contributed by atoms with Crippen LogP contribution in [0.4, 0.5) is 0 Å². The van der Waals surface area contributed by atoms with Crippen molar-refractivity contribution in [1.82, 2.24) is 5.32 Å². The highest BCUT2D eigenvalue weighted by Crippen LogP contribution is 2.26. The highest BCUT2D eigenvalue weighted by Gasteiger charge is 2.23. The smallest absolute Gasteiger partial charge is 0.336 e. The molecule has 0 aliphatic heterocycles. The van der Waals surface area contributed by atoms with Crippen LogP contribution in [0.2, 0.25) is 0 Å². The molecule has 0 unspecified atom stereocenters. The molecule has 0 saturated carbocycles. The molecule has 0 radical (unpaired) electrons. The third-order valence-electron chi connectivity index (χ3n) is 5.14. The topological polar surface area (TPSA) is 68.5 Å². The Kier molecular flexibility index (Phi) is 5.63. The quantitative estimate of drug-likeness (QED) is 0.376. The Hall–Kier alpha value is -3.44. The van der Waals surface area contributed by atoms with Gasteiger partial charge in [0, 0.05) is 18.0 Å². The van der Waals surface area contributed by atoms with E-state index in [-0.39, 0.29) is 5.97 Å². The summed E-state index contributed by atoms with van der Waals surface area (Å²) in [5, 5.41) is 6.18. The van der Waals surface area contributed by atoms with Gasteiger partial charge in [0.1, 0.15) is 11.6 Å². The van der Waals surface area contributed by atoms with E-state index >= 15 is 0 Å². The summed E-state index contributed by atoms with van der Waals surface area (Å²) in [6.07, 6.45) is 0. The number of carbonyl (C=O) groups is 1. The second-order valence-electron chi connectivity index (χ2n) is 7.22. The van der Waals surface area contributed by atoms with Crippen molar-refractivity contribution >= 4 is 27.7 Å². The number of esters is 1. The van der Waals surface area contributed by atoms with Gasteiger partial charge >= 0.3 is 11.6 Å². The zero-order valence-electron chi connectivity index (χ0n) is 17.0. The fourth-order valence-electron chi connectivity index (χ4n) is 3.74. The fourth-order valence-corrected chi connectivity index (χ4v) is 3.74.